The third kappa shape index (κ3) is 6.05. The quantitative estimate of drug-likeness (QED) is 0.268. The Labute approximate surface area is 248 Å². The zero-order valence-corrected chi connectivity index (χ0v) is 26.5. The predicted octanol–water partition coefficient (Wildman–Crippen LogP) is 7.22. The Morgan fingerprint density at radius 2 is 1.90 bits per heavy atom. The van der Waals surface area contributed by atoms with Gasteiger partial charge in [0.25, 0.3) is 5.92 Å². The van der Waals surface area contributed by atoms with Gasteiger partial charge in [-0.1, -0.05) is 39.8 Å². The van der Waals surface area contributed by atoms with Crippen molar-refractivity contribution in [3.05, 3.63) is 64.8 Å². The summed E-state index contributed by atoms with van der Waals surface area (Å²) in [5.74, 6) is -2.17. The Bertz CT molecular complexity index is 1540. The first-order valence-corrected chi connectivity index (χ1v) is 17.3. The molecular formula is C32H40F2N6OSi. The molecule has 222 valence electrons. The van der Waals surface area contributed by atoms with E-state index in [2.05, 4.69) is 68.5 Å². The number of nitrogens with one attached hydrogen (secondary N) is 2. The average Bonchev–Trinajstić information content (AvgIpc) is 3.24. The molecule has 2 aliphatic rings. The lowest BCUT2D eigenvalue weighted by Crippen LogP contribution is -2.55. The Morgan fingerprint density at radius 3 is 2.57 bits per heavy atom. The number of aryl methyl sites for hydroxylation is 1. The van der Waals surface area contributed by atoms with Gasteiger partial charge in [0.15, 0.2) is 8.32 Å². The molecule has 0 saturated carbocycles. The first kappa shape index (κ1) is 30.1. The summed E-state index contributed by atoms with van der Waals surface area (Å²) in [5, 5.41) is 16.9. The van der Waals surface area contributed by atoms with Crippen molar-refractivity contribution < 1.29 is 13.2 Å². The van der Waals surface area contributed by atoms with Gasteiger partial charge in [-0.2, -0.15) is 5.26 Å². The van der Waals surface area contributed by atoms with Crippen molar-refractivity contribution in [1.82, 2.24) is 14.9 Å². The van der Waals surface area contributed by atoms with Crippen molar-refractivity contribution in [2.45, 2.75) is 70.6 Å². The fraction of sp³-hybridized carbons (Fsp3) is 0.469. The van der Waals surface area contributed by atoms with Crippen LogP contribution >= 0.6 is 0 Å². The highest BCUT2D eigenvalue weighted by Gasteiger charge is 2.44. The lowest BCUT2D eigenvalue weighted by atomic mass is 9.83. The Morgan fingerprint density at radius 1 is 1.17 bits per heavy atom. The maximum Gasteiger partial charge on any atom is 0.272 e. The van der Waals surface area contributed by atoms with Gasteiger partial charge in [-0.25, -0.2) is 18.7 Å². The first-order chi connectivity index (χ1) is 19.6. The minimum atomic E-state index is -2.59. The van der Waals surface area contributed by atoms with E-state index < -0.39 is 14.2 Å². The van der Waals surface area contributed by atoms with Crippen LogP contribution < -0.4 is 10.6 Å². The van der Waals surface area contributed by atoms with Crippen LogP contribution in [0.1, 0.15) is 49.9 Å². The smallest absolute Gasteiger partial charge is 0.272 e. The number of likely N-dealkylation sites (tertiary alicyclic amines) is 1. The number of benzene rings is 2. The molecule has 1 atom stereocenters. The molecule has 0 spiro atoms. The van der Waals surface area contributed by atoms with Crippen LogP contribution in [0.15, 0.2) is 42.6 Å². The van der Waals surface area contributed by atoms with E-state index in [1.807, 2.05) is 37.3 Å². The number of halogens is 2. The number of hydrogen-bond acceptors (Lipinski definition) is 7. The second-order valence-electron chi connectivity index (χ2n) is 13.6. The zero-order valence-electron chi connectivity index (χ0n) is 25.5. The molecular weight excluding hydrogens is 550 g/mol. The molecule has 0 amide bonds. The monoisotopic (exact) mass is 590 g/mol. The highest BCUT2D eigenvalue weighted by Crippen LogP contribution is 2.44. The van der Waals surface area contributed by atoms with Gasteiger partial charge in [0.05, 0.1) is 30.0 Å². The van der Waals surface area contributed by atoms with Gasteiger partial charge in [-0.05, 0) is 66.0 Å². The van der Waals surface area contributed by atoms with E-state index >= 15 is 0 Å². The molecule has 3 heterocycles. The third-order valence-corrected chi connectivity index (χ3v) is 13.4. The number of anilines is 3. The number of alkyl halides is 2. The van der Waals surface area contributed by atoms with E-state index in [1.165, 1.54) is 0 Å². The predicted molar refractivity (Wildman–Crippen MR) is 166 cm³/mol. The highest BCUT2D eigenvalue weighted by molar-refractivity contribution is 6.74. The minimum absolute atomic E-state index is 0.101. The molecule has 0 unspecified atom stereocenters. The summed E-state index contributed by atoms with van der Waals surface area (Å²) in [7, 11) is -1.97. The van der Waals surface area contributed by atoms with Crippen LogP contribution in [-0.4, -0.2) is 55.3 Å². The van der Waals surface area contributed by atoms with Crippen LogP contribution in [0.4, 0.5) is 26.1 Å². The molecule has 1 saturated heterocycles. The number of rotatable bonds is 8. The number of nitrogens with zero attached hydrogens (tertiary/aromatic N) is 4. The van der Waals surface area contributed by atoms with Crippen molar-refractivity contribution in [2.24, 2.45) is 0 Å². The molecule has 1 fully saturated rings. The van der Waals surface area contributed by atoms with Gasteiger partial charge in [0.1, 0.15) is 6.07 Å². The van der Waals surface area contributed by atoms with Crippen LogP contribution in [0.2, 0.25) is 18.1 Å². The molecule has 0 aliphatic carbocycles. The molecule has 42 heavy (non-hydrogen) atoms. The second kappa shape index (κ2) is 10.7. The second-order valence-corrected chi connectivity index (χ2v) is 18.4. The van der Waals surface area contributed by atoms with Crippen LogP contribution in [-0.2, 0) is 16.4 Å². The molecule has 2 aliphatic heterocycles. The summed E-state index contributed by atoms with van der Waals surface area (Å²) in [5.41, 5.74) is 6.50. The summed E-state index contributed by atoms with van der Waals surface area (Å²) in [6, 6.07) is 14.1. The van der Waals surface area contributed by atoms with Crippen LogP contribution in [0.25, 0.3) is 11.3 Å². The van der Waals surface area contributed by atoms with Crippen LogP contribution in [0.3, 0.4) is 0 Å². The molecule has 0 bridgehead atoms. The van der Waals surface area contributed by atoms with Gasteiger partial charge < -0.3 is 15.1 Å². The van der Waals surface area contributed by atoms with E-state index in [-0.39, 0.29) is 23.5 Å². The van der Waals surface area contributed by atoms with Gasteiger partial charge in [0, 0.05) is 42.6 Å². The zero-order chi connectivity index (χ0) is 30.5. The molecule has 7 nitrogen and oxygen atoms in total. The lowest BCUT2D eigenvalue weighted by molar-refractivity contribution is -0.133. The summed E-state index contributed by atoms with van der Waals surface area (Å²) < 4.78 is 33.2. The van der Waals surface area contributed by atoms with E-state index in [1.54, 1.807) is 11.1 Å². The fourth-order valence-electron chi connectivity index (χ4n) is 5.19. The molecule has 5 rings (SSSR count). The van der Waals surface area contributed by atoms with Crippen molar-refractivity contribution in [2.75, 3.05) is 36.9 Å². The summed E-state index contributed by atoms with van der Waals surface area (Å²) >= 11 is 0. The van der Waals surface area contributed by atoms with Crippen molar-refractivity contribution in [3.8, 4) is 17.3 Å². The molecule has 1 aromatic heterocycles. The average molecular weight is 591 g/mol. The lowest BCUT2D eigenvalue weighted by Gasteiger charge is -2.39. The van der Waals surface area contributed by atoms with Gasteiger partial charge >= 0.3 is 0 Å². The molecule has 2 aromatic carbocycles. The number of hydrogen-bond donors (Lipinski definition) is 2. The Balaban J connectivity index is 1.40. The number of nitriles is 1. The fourth-order valence-corrected chi connectivity index (χ4v) is 6.30. The topological polar surface area (TPSA) is 86.1 Å². The Kier molecular flexibility index (Phi) is 7.67. The van der Waals surface area contributed by atoms with E-state index in [0.717, 1.165) is 33.6 Å². The van der Waals surface area contributed by atoms with Crippen LogP contribution in [0, 0.1) is 18.3 Å². The maximum atomic E-state index is 13.3. The van der Waals surface area contributed by atoms with Gasteiger partial charge in [-0.15, -0.1) is 0 Å². The van der Waals surface area contributed by atoms with Gasteiger partial charge in [-0.3, -0.25) is 4.90 Å². The van der Waals surface area contributed by atoms with Gasteiger partial charge in [0.2, 0.25) is 5.95 Å². The molecule has 2 N–H and O–H groups in total. The number of aromatic nitrogens is 2. The summed E-state index contributed by atoms with van der Waals surface area (Å²) in [4.78, 5) is 11.0. The minimum Gasteiger partial charge on any atom is -0.416 e. The summed E-state index contributed by atoms with van der Waals surface area (Å²) in [6.07, 6.45) is 1.70. The number of fused-ring (bicyclic) bond motifs is 1. The third-order valence-electron chi connectivity index (χ3n) is 8.94. The normalized spacial score (nSPS) is 19.9. The van der Waals surface area contributed by atoms with E-state index in [4.69, 9.17) is 9.41 Å². The molecule has 0 radical (unpaired) electrons. The highest BCUT2D eigenvalue weighted by atomic mass is 28.4. The van der Waals surface area contributed by atoms with Crippen molar-refractivity contribution in [3.63, 3.8) is 0 Å². The molecule has 3 aromatic rings. The first-order valence-electron chi connectivity index (χ1n) is 14.4. The Hall–Kier alpha value is -3.39. The SMILES string of the molecule is Cc1ccc(CN2CC(F)(F)C2)cc1Nc1nccc(-c2cc(C#N)c3c(c2)[C@@](C)(CO[Si](C)(C)C(C)(C)C)CN3)n1. The van der Waals surface area contributed by atoms with E-state index in [0.29, 0.717) is 36.9 Å². The van der Waals surface area contributed by atoms with Crippen molar-refractivity contribution in [1.29, 1.82) is 5.26 Å². The van der Waals surface area contributed by atoms with E-state index in [9.17, 15) is 14.0 Å². The largest absolute Gasteiger partial charge is 0.416 e. The maximum absolute atomic E-state index is 13.3. The van der Waals surface area contributed by atoms with Crippen molar-refractivity contribution >= 4 is 25.6 Å². The molecule has 10 heteroatoms. The standard InChI is InChI=1S/C32H40F2N6OSi/c1-21-8-9-22(16-40-18-32(33,34)19-40)12-27(21)39-29-36-11-10-26(38-29)23-13-24(15-35)28-25(14-23)31(5,17-37-28)20-41-42(6,7)30(2,3)4/h8-14,37H,16-20H2,1-7H3,(H,36,38,39)/t31-/m1/s1. The summed E-state index contributed by atoms with van der Waals surface area (Å²) in [6.45, 7) is 16.7. The van der Waals surface area contributed by atoms with Crippen LogP contribution in [0.5, 0.6) is 0 Å².